The Morgan fingerprint density at radius 2 is 2.30 bits per heavy atom. The van der Waals surface area contributed by atoms with Crippen LogP contribution in [-0.4, -0.2) is 46.6 Å². The lowest BCUT2D eigenvalue weighted by Crippen LogP contribution is -2.34. The van der Waals surface area contributed by atoms with E-state index in [1.807, 2.05) is 0 Å². The molecule has 1 unspecified atom stereocenters. The minimum Gasteiger partial charge on any atom is -0.470 e. The second kappa shape index (κ2) is 7.92. The van der Waals surface area contributed by atoms with Gasteiger partial charge in [-0.05, 0) is 44.6 Å². The van der Waals surface area contributed by atoms with Gasteiger partial charge >= 0.3 is 0 Å². The molecule has 1 aromatic carbocycles. The molecule has 0 amide bonds. The lowest BCUT2D eigenvalue weighted by atomic mass is 10.00. The monoisotopic (exact) mass is 407 g/mol. The quantitative estimate of drug-likeness (QED) is 0.678. The predicted octanol–water partition coefficient (Wildman–Crippen LogP) is 4.34. The van der Waals surface area contributed by atoms with Gasteiger partial charge in [0.05, 0.1) is 11.6 Å². The fourth-order valence-corrected chi connectivity index (χ4v) is 4.20. The smallest absolute Gasteiger partial charge is 0.276 e. The van der Waals surface area contributed by atoms with Gasteiger partial charge in [0.15, 0.2) is 11.5 Å². The molecule has 3 aromatic rings. The summed E-state index contributed by atoms with van der Waals surface area (Å²) < 4.78 is 20.1. The van der Waals surface area contributed by atoms with Crippen LogP contribution in [0.4, 0.5) is 15.9 Å². The third-order valence-corrected chi connectivity index (χ3v) is 5.77. The average molecular weight is 408 g/mol. The van der Waals surface area contributed by atoms with Crippen LogP contribution in [0.15, 0.2) is 24.5 Å². The Labute approximate surface area is 165 Å². The second-order valence-electron chi connectivity index (χ2n) is 6.69. The Morgan fingerprint density at radius 1 is 1.41 bits per heavy atom. The number of hydrogen-bond acceptors (Lipinski definition) is 7. The normalized spacial score (nSPS) is 18.0. The van der Waals surface area contributed by atoms with E-state index in [2.05, 4.69) is 32.2 Å². The van der Waals surface area contributed by atoms with E-state index in [1.165, 1.54) is 42.6 Å². The number of piperidine rings is 1. The minimum absolute atomic E-state index is 0.0519. The molecule has 0 aliphatic carbocycles. The summed E-state index contributed by atoms with van der Waals surface area (Å²) >= 11 is 7.25. The van der Waals surface area contributed by atoms with Crippen molar-refractivity contribution in [2.45, 2.75) is 12.8 Å². The Kier molecular flexibility index (Phi) is 5.38. The number of hydrogen-bond donors (Lipinski definition) is 1. The first-order valence-corrected chi connectivity index (χ1v) is 9.93. The summed E-state index contributed by atoms with van der Waals surface area (Å²) in [5, 5.41) is 3.78. The number of rotatable bonds is 5. The molecular weight excluding hydrogens is 389 g/mol. The molecule has 6 nitrogen and oxygen atoms in total. The molecule has 1 N–H and O–H groups in total. The maximum Gasteiger partial charge on any atom is 0.276 e. The number of nitrogens with zero attached hydrogens (tertiary/aromatic N) is 4. The molecule has 0 saturated carbocycles. The van der Waals surface area contributed by atoms with Crippen molar-refractivity contribution >= 4 is 44.8 Å². The topological polar surface area (TPSA) is 63.2 Å². The van der Waals surface area contributed by atoms with Crippen LogP contribution >= 0.6 is 22.9 Å². The van der Waals surface area contributed by atoms with Gasteiger partial charge in [-0.3, -0.25) is 0 Å². The summed E-state index contributed by atoms with van der Waals surface area (Å²) in [6.07, 6.45) is 3.81. The molecular formula is C18H19ClFN5OS. The third-order valence-electron chi connectivity index (χ3n) is 4.52. The van der Waals surface area contributed by atoms with Crippen LogP contribution in [0.2, 0.25) is 5.02 Å². The summed E-state index contributed by atoms with van der Waals surface area (Å²) in [5.74, 6) is 0.644. The van der Waals surface area contributed by atoms with Crippen molar-refractivity contribution < 1.29 is 9.13 Å². The highest BCUT2D eigenvalue weighted by atomic mass is 35.5. The van der Waals surface area contributed by atoms with Crippen LogP contribution in [0.3, 0.4) is 0 Å². The van der Waals surface area contributed by atoms with E-state index >= 15 is 0 Å². The molecule has 9 heteroatoms. The van der Waals surface area contributed by atoms with Crippen molar-refractivity contribution in [3.8, 4) is 5.19 Å². The number of halogens is 2. The Morgan fingerprint density at radius 3 is 3.11 bits per heavy atom. The number of likely N-dealkylation sites (tertiary alicyclic amines) is 1. The molecule has 0 spiro atoms. The Hall–Kier alpha value is -2.03. The van der Waals surface area contributed by atoms with Gasteiger partial charge < -0.3 is 15.0 Å². The molecule has 1 saturated heterocycles. The minimum atomic E-state index is -0.461. The fraction of sp³-hybridized carbons (Fsp3) is 0.389. The summed E-state index contributed by atoms with van der Waals surface area (Å²) in [6.45, 7) is 2.84. The van der Waals surface area contributed by atoms with E-state index < -0.39 is 5.82 Å². The highest BCUT2D eigenvalue weighted by molar-refractivity contribution is 7.20. The number of nitrogens with one attached hydrogen (secondary N) is 1. The molecule has 1 fully saturated rings. The van der Waals surface area contributed by atoms with E-state index in [0.29, 0.717) is 34.9 Å². The van der Waals surface area contributed by atoms with E-state index in [0.717, 1.165) is 17.8 Å². The van der Waals surface area contributed by atoms with Gasteiger partial charge in [0, 0.05) is 18.2 Å². The van der Waals surface area contributed by atoms with Gasteiger partial charge in [-0.2, -0.15) is 4.98 Å². The zero-order valence-corrected chi connectivity index (χ0v) is 16.4. The third kappa shape index (κ3) is 4.28. The van der Waals surface area contributed by atoms with Crippen LogP contribution in [-0.2, 0) is 0 Å². The first kappa shape index (κ1) is 18.3. The number of thiazole rings is 1. The van der Waals surface area contributed by atoms with Crippen molar-refractivity contribution in [1.82, 2.24) is 19.9 Å². The van der Waals surface area contributed by atoms with Gasteiger partial charge in [-0.1, -0.05) is 22.9 Å². The molecule has 142 valence electrons. The molecule has 1 aliphatic heterocycles. The first-order chi connectivity index (χ1) is 13.1. The number of benzene rings is 1. The molecule has 27 heavy (non-hydrogen) atoms. The summed E-state index contributed by atoms with van der Waals surface area (Å²) in [7, 11) is 2.14. The standard InChI is InChI=1S/C18H19ClFN5OS/c1-25-6-2-3-11(8-25)9-26-18-24-17-15(27-18)16(21-10-22-17)23-12-4-5-14(20)13(19)7-12/h4-5,7,10-11H,2-3,6,8-9H2,1H3,(H,21,22,23). The van der Waals surface area contributed by atoms with Gasteiger partial charge in [0.25, 0.3) is 5.19 Å². The van der Waals surface area contributed by atoms with Crippen LogP contribution in [0, 0.1) is 11.7 Å². The number of fused-ring (bicyclic) bond motifs is 1. The largest absolute Gasteiger partial charge is 0.470 e. The maximum atomic E-state index is 13.3. The van der Waals surface area contributed by atoms with Crippen LogP contribution in [0.5, 0.6) is 5.19 Å². The summed E-state index contributed by atoms with van der Waals surface area (Å²) in [6, 6.07) is 4.43. The van der Waals surface area contributed by atoms with Gasteiger partial charge in [-0.15, -0.1) is 0 Å². The highest BCUT2D eigenvalue weighted by Crippen LogP contribution is 2.33. The molecule has 1 atom stereocenters. The molecule has 0 bridgehead atoms. The molecule has 1 aliphatic rings. The van der Waals surface area contributed by atoms with Gasteiger partial charge in [0.1, 0.15) is 16.8 Å². The highest BCUT2D eigenvalue weighted by Gasteiger charge is 2.19. The molecule has 2 aromatic heterocycles. The van der Waals surface area contributed by atoms with Crippen LogP contribution < -0.4 is 10.1 Å². The molecule has 4 rings (SSSR count). The van der Waals surface area contributed by atoms with Gasteiger partial charge in [0.2, 0.25) is 0 Å². The molecule has 3 heterocycles. The van der Waals surface area contributed by atoms with Gasteiger partial charge in [-0.25, -0.2) is 14.4 Å². The van der Waals surface area contributed by atoms with Crippen LogP contribution in [0.1, 0.15) is 12.8 Å². The zero-order chi connectivity index (χ0) is 18.8. The zero-order valence-electron chi connectivity index (χ0n) is 14.8. The number of aromatic nitrogens is 3. The number of anilines is 2. The number of ether oxygens (including phenoxy) is 1. The van der Waals surface area contributed by atoms with Crippen molar-refractivity contribution in [2.24, 2.45) is 5.92 Å². The van der Waals surface area contributed by atoms with E-state index in [-0.39, 0.29) is 5.02 Å². The predicted molar refractivity (Wildman–Crippen MR) is 106 cm³/mol. The Bertz CT molecular complexity index is 953. The molecule has 0 radical (unpaired) electrons. The second-order valence-corrected chi connectivity index (χ2v) is 8.06. The summed E-state index contributed by atoms with van der Waals surface area (Å²) in [4.78, 5) is 15.3. The van der Waals surface area contributed by atoms with Crippen molar-refractivity contribution in [2.75, 3.05) is 32.1 Å². The fourth-order valence-electron chi connectivity index (χ4n) is 3.19. The van der Waals surface area contributed by atoms with E-state index in [9.17, 15) is 4.39 Å². The first-order valence-electron chi connectivity index (χ1n) is 8.73. The Balaban J connectivity index is 1.50. The van der Waals surface area contributed by atoms with Crippen LogP contribution in [0.25, 0.3) is 10.3 Å². The lowest BCUT2D eigenvalue weighted by molar-refractivity contribution is 0.150. The van der Waals surface area contributed by atoms with Crippen molar-refractivity contribution in [3.63, 3.8) is 0 Å². The average Bonchev–Trinajstić information content (AvgIpc) is 3.07. The maximum absolute atomic E-state index is 13.3. The van der Waals surface area contributed by atoms with Crippen molar-refractivity contribution in [3.05, 3.63) is 35.4 Å². The summed E-state index contributed by atoms with van der Waals surface area (Å²) in [5.41, 5.74) is 1.21. The lowest BCUT2D eigenvalue weighted by Gasteiger charge is -2.29. The van der Waals surface area contributed by atoms with Crippen molar-refractivity contribution in [1.29, 1.82) is 0 Å². The SMILES string of the molecule is CN1CCCC(COc2nc3ncnc(Nc4ccc(F)c(Cl)c4)c3s2)C1. The van der Waals surface area contributed by atoms with E-state index in [1.54, 1.807) is 6.07 Å². The van der Waals surface area contributed by atoms with E-state index in [4.69, 9.17) is 16.3 Å².